The van der Waals surface area contributed by atoms with Gasteiger partial charge in [-0.25, -0.2) is 0 Å². The average Bonchev–Trinajstić information content (AvgIpc) is 3.08. The maximum atomic E-state index is 15.1. The zero-order valence-corrected chi connectivity index (χ0v) is 23.7. The standard InChI is InChI=1S/C38H28O6/c39-13-17-9-25-26(10-18(17)14-40)30-22-6-2-1-5-21(22)29(25)33-34(30)38(44)36-32-24-8-4-3-7-23(24)31(35(36)37(33)43)27-11-19(15-41)20(16-42)12-28(27)32/h1-12,29-32,39-42H,13-16H2. The number of ketones is 2. The lowest BCUT2D eigenvalue weighted by molar-refractivity contribution is -0.117. The molecule has 4 unspecified atom stereocenters. The number of Topliss-reactive ketones (excluding diaryl/α,β-unsaturated/α-hetero) is 2. The van der Waals surface area contributed by atoms with Gasteiger partial charge in [-0.05, 0) is 66.8 Å². The van der Waals surface area contributed by atoms with Gasteiger partial charge in [0.15, 0.2) is 11.6 Å². The van der Waals surface area contributed by atoms with Gasteiger partial charge in [-0.3, -0.25) is 9.59 Å². The summed E-state index contributed by atoms with van der Waals surface area (Å²) in [5, 5.41) is 40.6. The highest BCUT2D eigenvalue weighted by molar-refractivity contribution is 6.30. The zero-order chi connectivity index (χ0) is 30.0. The van der Waals surface area contributed by atoms with Crippen molar-refractivity contribution >= 4 is 11.6 Å². The molecule has 0 amide bonds. The monoisotopic (exact) mass is 580 g/mol. The molecule has 6 nitrogen and oxygen atoms in total. The molecule has 0 aliphatic heterocycles. The number of allylic oxidation sites excluding steroid dienone is 4. The number of hydrogen-bond donors (Lipinski definition) is 4. The van der Waals surface area contributed by atoms with Crippen molar-refractivity contribution in [2.45, 2.75) is 50.1 Å². The maximum Gasteiger partial charge on any atom is 0.187 e. The Balaban J connectivity index is 1.31. The molecule has 11 rings (SSSR count). The van der Waals surface area contributed by atoms with Crippen LogP contribution in [0.1, 0.15) is 90.4 Å². The number of rotatable bonds is 4. The second-order valence-corrected chi connectivity index (χ2v) is 12.4. The zero-order valence-electron chi connectivity index (χ0n) is 23.7. The van der Waals surface area contributed by atoms with Crippen molar-refractivity contribution in [3.8, 4) is 0 Å². The lowest BCUT2D eigenvalue weighted by Gasteiger charge is -2.49. The fourth-order valence-electron chi connectivity index (χ4n) is 8.96. The van der Waals surface area contributed by atoms with E-state index in [1.54, 1.807) is 0 Å². The Labute approximate surface area is 253 Å². The van der Waals surface area contributed by atoms with Gasteiger partial charge in [0, 0.05) is 46.0 Å². The van der Waals surface area contributed by atoms with Crippen LogP contribution in [0.2, 0.25) is 0 Å². The summed E-state index contributed by atoms with van der Waals surface area (Å²) in [6.07, 6.45) is 0. The van der Waals surface area contributed by atoms with E-state index < -0.39 is 23.7 Å². The van der Waals surface area contributed by atoms with E-state index in [4.69, 9.17) is 0 Å². The van der Waals surface area contributed by atoms with Crippen LogP contribution in [0.5, 0.6) is 0 Å². The van der Waals surface area contributed by atoms with Gasteiger partial charge in [0.25, 0.3) is 0 Å². The number of carbonyl (C=O) groups is 2. The van der Waals surface area contributed by atoms with Gasteiger partial charge < -0.3 is 20.4 Å². The minimum absolute atomic E-state index is 0.117. The van der Waals surface area contributed by atoms with Crippen molar-refractivity contribution in [1.29, 1.82) is 0 Å². The van der Waals surface area contributed by atoms with E-state index in [0.29, 0.717) is 44.5 Å². The van der Waals surface area contributed by atoms with E-state index >= 15 is 9.59 Å². The minimum Gasteiger partial charge on any atom is -0.392 e. The van der Waals surface area contributed by atoms with Crippen LogP contribution in [0.25, 0.3) is 0 Å². The predicted octanol–water partition coefficient (Wildman–Crippen LogP) is 4.28. The van der Waals surface area contributed by atoms with E-state index in [-0.39, 0.29) is 38.0 Å². The molecule has 7 aliphatic carbocycles. The van der Waals surface area contributed by atoms with Crippen LogP contribution >= 0.6 is 0 Å². The molecule has 6 heteroatoms. The molecule has 216 valence electrons. The summed E-state index contributed by atoms with van der Waals surface area (Å²) in [5.41, 5.74) is 12.1. The Kier molecular flexibility index (Phi) is 5.34. The first-order valence-electron chi connectivity index (χ1n) is 15.0. The van der Waals surface area contributed by atoms with Crippen LogP contribution in [-0.4, -0.2) is 32.0 Å². The number of benzene rings is 4. The topological polar surface area (TPSA) is 115 Å². The molecule has 7 aliphatic rings. The summed E-state index contributed by atoms with van der Waals surface area (Å²) in [6.45, 7) is -0.958. The smallest absolute Gasteiger partial charge is 0.187 e. The van der Waals surface area contributed by atoms with Crippen LogP contribution in [-0.2, 0) is 36.0 Å². The first-order chi connectivity index (χ1) is 21.5. The third kappa shape index (κ3) is 2.99. The lowest BCUT2D eigenvalue weighted by Crippen LogP contribution is -2.44. The normalized spacial score (nSPS) is 23.3. The average molecular weight is 581 g/mol. The molecule has 0 radical (unpaired) electrons. The second-order valence-electron chi connectivity index (χ2n) is 12.4. The molecular weight excluding hydrogens is 552 g/mol. The van der Waals surface area contributed by atoms with Gasteiger partial charge in [-0.15, -0.1) is 0 Å². The number of aliphatic hydroxyl groups is 4. The summed E-state index contributed by atoms with van der Waals surface area (Å²) in [7, 11) is 0. The first kappa shape index (κ1) is 26.0. The Morgan fingerprint density at radius 1 is 0.386 bits per heavy atom. The second kappa shape index (κ2) is 9.03. The SMILES string of the molecule is O=C1C2=C(C(=O)C3=C1C1c4ccccc4C3c3cc(CO)c(CO)cc31)C1c3ccccc3C2c2cc(CO)c(CO)cc21. The predicted molar refractivity (Wildman–Crippen MR) is 161 cm³/mol. The van der Waals surface area contributed by atoms with Crippen LogP contribution in [0, 0.1) is 0 Å². The Bertz CT molecular complexity index is 1790. The molecule has 0 saturated heterocycles. The molecular formula is C38H28O6. The van der Waals surface area contributed by atoms with Crippen LogP contribution in [0.3, 0.4) is 0 Å². The Morgan fingerprint density at radius 3 is 0.818 bits per heavy atom. The highest BCUT2D eigenvalue weighted by atomic mass is 16.3. The number of carbonyl (C=O) groups excluding carboxylic acids is 2. The van der Waals surface area contributed by atoms with E-state index in [2.05, 4.69) is 0 Å². The van der Waals surface area contributed by atoms with Crippen molar-refractivity contribution in [1.82, 2.24) is 0 Å². The van der Waals surface area contributed by atoms with Gasteiger partial charge >= 0.3 is 0 Å². The van der Waals surface area contributed by atoms with E-state index in [1.165, 1.54) is 0 Å². The number of aliphatic hydroxyl groups excluding tert-OH is 4. The highest BCUT2D eigenvalue weighted by Crippen LogP contribution is 2.64. The quantitative estimate of drug-likeness (QED) is 0.268. The molecule has 4 aromatic rings. The van der Waals surface area contributed by atoms with E-state index in [0.717, 1.165) is 44.5 Å². The van der Waals surface area contributed by atoms with Gasteiger partial charge in [-0.2, -0.15) is 0 Å². The summed E-state index contributed by atoms with van der Waals surface area (Å²) in [6, 6.07) is 23.6. The molecule has 0 aromatic heterocycles. The molecule has 4 N–H and O–H groups in total. The van der Waals surface area contributed by atoms with Crippen molar-refractivity contribution < 1.29 is 30.0 Å². The van der Waals surface area contributed by atoms with Crippen molar-refractivity contribution in [2.75, 3.05) is 0 Å². The summed E-state index contributed by atoms with van der Waals surface area (Å²) >= 11 is 0. The summed E-state index contributed by atoms with van der Waals surface area (Å²) in [5.74, 6) is -2.11. The molecule has 0 fully saturated rings. The minimum atomic E-state index is -0.468. The maximum absolute atomic E-state index is 15.1. The van der Waals surface area contributed by atoms with Gasteiger partial charge in [-0.1, -0.05) is 72.8 Å². The van der Waals surface area contributed by atoms with Gasteiger partial charge in [0.1, 0.15) is 0 Å². The molecule has 0 heterocycles. The van der Waals surface area contributed by atoms with Crippen LogP contribution in [0.15, 0.2) is 95.1 Å². The third-order valence-corrected chi connectivity index (χ3v) is 10.7. The van der Waals surface area contributed by atoms with Gasteiger partial charge in [0.05, 0.1) is 26.4 Å². The fraction of sp³-hybridized carbons (Fsp3) is 0.211. The molecule has 0 saturated carbocycles. The van der Waals surface area contributed by atoms with Crippen molar-refractivity contribution in [3.63, 3.8) is 0 Å². The molecule has 44 heavy (non-hydrogen) atoms. The molecule has 0 spiro atoms. The summed E-state index contributed by atoms with van der Waals surface area (Å²) < 4.78 is 0. The Hall–Kier alpha value is -4.46. The molecule has 4 atom stereocenters. The third-order valence-electron chi connectivity index (χ3n) is 10.7. The van der Waals surface area contributed by atoms with Gasteiger partial charge in [0.2, 0.25) is 0 Å². The van der Waals surface area contributed by atoms with Crippen molar-refractivity contribution in [2.24, 2.45) is 0 Å². The van der Waals surface area contributed by atoms with Crippen molar-refractivity contribution in [3.05, 3.63) is 162 Å². The summed E-state index contributed by atoms with van der Waals surface area (Å²) in [4.78, 5) is 30.1. The first-order valence-corrected chi connectivity index (χ1v) is 15.0. The molecule has 4 aromatic carbocycles. The largest absolute Gasteiger partial charge is 0.392 e. The van der Waals surface area contributed by atoms with Crippen LogP contribution < -0.4 is 0 Å². The fourth-order valence-corrected chi connectivity index (χ4v) is 8.96. The highest BCUT2D eigenvalue weighted by Gasteiger charge is 2.56. The van der Waals surface area contributed by atoms with E-state index in [9.17, 15) is 20.4 Å². The lowest BCUT2D eigenvalue weighted by atomic mass is 9.51. The molecule has 4 bridgehead atoms. The van der Waals surface area contributed by atoms with Crippen LogP contribution in [0.4, 0.5) is 0 Å². The van der Waals surface area contributed by atoms with E-state index in [1.807, 2.05) is 72.8 Å². The number of hydrogen-bond acceptors (Lipinski definition) is 6. The Morgan fingerprint density at radius 2 is 0.614 bits per heavy atom.